The van der Waals surface area contributed by atoms with Crippen LogP contribution in [0.25, 0.3) is 89.2 Å². The van der Waals surface area contributed by atoms with E-state index in [0.717, 1.165) is 122 Å². The third kappa shape index (κ3) is 10.3. The van der Waals surface area contributed by atoms with Gasteiger partial charge < -0.3 is 4.90 Å². The van der Waals surface area contributed by atoms with Gasteiger partial charge in [-0.1, -0.05) is 130 Å². The molecule has 0 atom stereocenters. The van der Waals surface area contributed by atoms with Crippen LogP contribution in [0.1, 0.15) is 31.9 Å². The Balaban J connectivity index is 0.919. The number of rotatable bonds is 10. The molecule has 0 aliphatic carbocycles. The molecule has 0 amide bonds. The average molecular weight is 1340 g/mol. The molecule has 6 nitrogen and oxygen atoms in total. The summed E-state index contributed by atoms with van der Waals surface area (Å²) in [7, 11) is 0. The van der Waals surface area contributed by atoms with Crippen LogP contribution in [0.4, 0.5) is 34.3 Å². The van der Waals surface area contributed by atoms with Gasteiger partial charge in [-0.15, -0.1) is 0 Å². The number of hydrogen-bond donors (Lipinski definition) is 0. The molecule has 12 aromatic carbocycles. The van der Waals surface area contributed by atoms with Gasteiger partial charge in [-0.25, -0.2) is 0 Å². The maximum atomic E-state index is 7.15. The number of hydrogen-bond acceptors (Lipinski definition) is 4. The molecule has 0 saturated heterocycles. The van der Waals surface area contributed by atoms with Gasteiger partial charge in [-0.2, -0.15) is 0 Å². The van der Waals surface area contributed by atoms with Gasteiger partial charge in [-0.05, 0) is 70.5 Å². The molecule has 0 radical (unpaired) electrons. The Morgan fingerprint density at radius 3 is 1.52 bits per heavy atom. The Bertz CT molecular complexity index is 4990. The standard InChI is InChI=1S/C83H61N5O.Pt/c1-57-51-81(84-55-74(57)62-45-43-59(44-46-62)58-25-9-5-10-26-58)88-77-50-47-63(83(2,3)4)52-73(77)71-36-18-20-40-76(71)87(64-31-15-8-16-32-64)75-39-19-17-35-70(75)72-49-48-67(54-80(72)88)89-66-34-23-33-65(53-66)85-56-86(79-42-22-21-41-78(79)85)82-68(60-27-11-6-12-28-60)37-24-38-69(82)61-29-13-7-14-30-61;/h5-52,55H,1-4H3;/q-2;. The fourth-order valence-corrected chi connectivity index (χ4v) is 13.8. The summed E-state index contributed by atoms with van der Waals surface area (Å²) in [5, 5.41) is 0. The van der Waals surface area contributed by atoms with E-state index >= 15 is 0 Å². The number of imidazole rings is 1. The van der Waals surface area contributed by atoms with Crippen LogP contribution in [-0.2, 0) is 24.8 Å². The van der Waals surface area contributed by atoms with Crippen molar-refractivity contribution >= 4 is 45.3 Å². The molecule has 0 spiro atoms. The van der Waals surface area contributed by atoms with Gasteiger partial charge >= 0.3 is 306 Å². The van der Waals surface area contributed by atoms with Crippen LogP contribution < -0.4 is 14.5 Å². The van der Waals surface area contributed by atoms with E-state index < -0.39 is 0 Å². The topological polar surface area (TPSA) is 38.5 Å². The molecule has 1 aliphatic rings. The minimum absolute atomic E-state index is 0.165. The van der Waals surface area contributed by atoms with E-state index in [2.05, 4.69) is 357 Å². The van der Waals surface area contributed by atoms with Crippen molar-refractivity contribution in [2.45, 2.75) is 33.1 Å². The van der Waals surface area contributed by atoms with Crippen LogP contribution in [0.2, 0.25) is 0 Å². The first-order chi connectivity index (χ1) is 44.1. The molecular weight excluding hydrogens is 1280 g/mol. The molecule has 0 N–H and O–H groups in total. The van der Waals surface area contributed by atoms with Gasteiger partial charge in [-0.3, -0.25) is 0 Å². The van der Waals surface area contributed by atoms with E-state index in [-0.39, 0.29) is 5.41 Å². The summed E-state index contributed by atoms with van der Waals surface area (Å²) in [5.41, 5.74) is 24.1. The Morgan fingerprint density at radius 2 is 0.889 bits per heavy atom. The predicted molar refractivity (Wildman–Crippen MR) is 367 cm³/mol. The summed E-state index contributed by atoms with van der Waals surface area (Å²) in [6, 6.07) is 111. The molecule has 7 heteroatoms. The fraction of sp³-hybridized carbons (Fsp3) is 0.0602. The Labute approximate surface area is 536 Å². The zero-order chi connectivity index (χ0) is 60.9. The summed E-state index contributed by atoms with van der Waals surface area (Å²) in [6.07, 6.45) is 2.03. The number of anilines is 6. The van der Waals surface area contributed by atoms with Crippen LogP contribution in [0.15, 0.2) is 297 Å². The van der Waals surface area contributed by atoms with Crippen LogP contribution in [0, 0.1) is 22.9 Å². The van der Waals surface area contributed by atoms with Crippen molar-refractivity contribution in [1.82, 2.24) is 14.1 Å². The summed E-state index contributed by atoms with van der Waals surface area (Å²) < 4.78 is 12.8. The van der Waals surface area contributed by atoms with Gasteiger partial charge in [0.15, 0.2) is 0 Å². The van der Waals surface area contributed by atoms with Crippen molar-refractivity contribution in [3.63, 3.8) is 0 Å². The first-order valence-corrected chi connectivity index (χ1v) is 31.6. The zero-order valence-corrected chi connectivity index (χ0v) is 52.5. The first kappa shape index (κ1) is 55.9. The Hall–Kier alpha value is -10.7. The van der Waals surface area contributed by atoms with E-state index in [1.165, 1.54) is 16.7 Å². The van der Waals surface area contributed by atoms with Gasteiger partial charge in [0, 0.05) is 23.0 Å². The first-order valence-electron chi connectivity index (χ1n) is 30.4. The van der Waals surface area contributed by atoms with Crippen LogP contribution in [-0.4, -0.2) is 14.1 Å². The molecule has 2 aromatic heterocycles. The molecule has 0 saturated carbocycles. The monoisotopic (exact) mass is 1340 g/mol. The molecule has 0 bridgehead atoms. The third-order valence-electron chi connectivity index (χ3n) is 17.1. The number of para-hydroxylation sites is 6. The van der Waals surface area contributed by atoms with Crippen molar-refractivity contribution in [3.05, 3.63) is 324 Å². The smallest absolute Gasteiger partial charge is 0.0622 e. The summed E-state index contributed by atoms with van der Waals surface area (Å²) in [4.78, 5) is 10.2. The minimum atomic E-state index is -0.165. The Kier molecular flexibility index (Phi) is 14.6. The average Bonchev–Trinajstić information content (AvgIpc) is 1.38. The molecule has 14 aromatic rings. The van der Waals surface area contributed by atoms with Crippen LogP contribution in [0.3, 0.4) is 0 Å². The van der Waals surface area contributed by atoms with Gasteiger partial charge in [0.05, 0.1) is 5.69 Å². The molecule has 436 valence electrons. The number of fused-ring (bicyclic) bond motifs is 7. The molecule has 15 rings (SSSR count). The second-order valence-corrected chi connectivity index (χ2v) is 24.8. The summed E-state index contributed by atoms with van der Waals surface area (Å²) in [6.45, 7) is 9.03. The number of ether oxygens (including phenoxy) is 1. The van der Waals surface area contributed by atoms with E-state index in [1.54, 1.807) is 0 Å². The second kappa shape index (κ2) is 23.5. The summed E-state index contributed by atoms with van der Waals surface area (Å²) in [5.74, 6) is 1.81. The fourth-order valence-electron chi connectivity index (χ4n) is 12.7. The van der Waals surface area contributed by atoms with Crippen LogP contribution in [0.5, 0.6) is 11.5 Å². The van der Waals surface area contributed by atoms with E-state index in [1.807, 2.05) is 18.3 Å². The predicted octanol–water partition coefficient (Wildman–Crippen LogP) is 22.1. The maximum absolute atomic E-state index is 7.15. The normalized spacial score (nSPS) is 12.0. The quantitative estimate of drug-likeness (QED) is 0.128. The molecule has 90 heavy (non-hydrogen) atoms. The number of nitrogens with zero attached hydrogens (tertiary/aromatic N) is 5. The van der Waals surface area contributed by atoms with Gasteiger partial charge in [0.2, 0.25) is 0 Å². The minimum Gasteiger partial charge on any atom is -0.0622 e. The van der Waals surface area contributed by atoms with E-state index in [9.17, 15) is 0 Å². The second-order valence-electron chi connectivity index (χ2n) is 23.7. The van der Waals surface area contributed by atoms with Crippen molar-refractivity contribution in [1.29, 1.82) is 0 Å². The number of pyridine rings is 1. The molecule has 0 fully saturated rings. The SMILES string of the molecule is Cc1cc(N2c3[c-]c(Oc4[c-]c(-n5[c](=[Pt])n(-c6c(-c7ccccc7)cccc6-c6ccccc6)c6ccccc65)ccc4)ccc3-c3ccccc3N(c3ccccc3)c3ccccc3-c3cc(C(C)(C)C)ccc32)ncc1-c1ccc(-c2ccccc2)cc1. The number of benzene rings is 12. The number of aromatic nitrogens is 3. The van der Waals surface area contributed by atoms with Crippen molar-refractivity contribution < 1.29 is 24.1 Å². The van der Waals surface area contributed by atoms with Crippen molar-refractivity contribution in [3.8, 4) is 89.6 Å². The van der Waals surface area contributed by atoms with Gasteiger partial charge in [0.25, 0.3) is 0 Å². The van der Waals surface area contributed by atoms with Crippen molar-refractivity contribution in [2.75, 3.05) is 9.80 Å². The van der Waals surface area contributed by atoms with E-state index in [0.29, 0.717) is 11.5 Å². The van der Waals surface area contributed by atoms with Crippen molar-refractivity contribution in [2.24, 2.45) is 0 Å². The number of aryl methyl sites for hydroxylation is 1. The van der Waals surface area contributed by atoms with Gasteiger partial charge in [0.1, 0.15) is 0 Å². The molecule has 3 heterocycles. The molecule has 1 aliphatic heterocycles. The molecular formula is C83H61N5OPt-2. The third-order valence-corrected chi connectivity index (χ3v) is 18.1. The molecule has 0 unspecified atom stereocenters. The van der Waals surface area contributed by atoms with Crippen LogP contribution >= 0.6 is 0 Å². The Morgan fingerprint density at radius 1 is 0.389 bits per heavy atom. The zero-order valence-electron chi connectivity index (χ0n) is 50.3. The summed E-state index contributed by atoms with van der Waals surface area (Å²) >= 11 is 2.50. The van der Waals surface area contributed by atoms with E-state index in [4.69, 9.17) is 9.72 Å².